The normalized spacial score (nSPS) is 19.2. The van der Waals surface area contributed by atoms with Gasteiger partial charge >= 0.3 is 0 Å². The average Bonchev–Trinajstić information content (AvgIpc) is 3.05. The third kappa shape index (κ3) is 3.85. The van der Waals surface area contributed by atoms with E-state index in [1.807, 2.05) is 66.7 Å². The predicted molar refractivity (Wildman–Crippen MR) is 133 cm³/mol. The molecular weight excluding hydrogens is 428 g/mol. The topological polar surface area (TPSA) is 68.8 Å². The highest BCUT2D eigenvalue weighted by Crippen LogP contribution is 2.47. The molecule has 34 heavy (non-hydrogen) atoms. The van der Waals surface area contributed by atoms with Gasteiger partial charge in [0.2, 0.25) is 0 Å². The minimum Gasteiger partial charge on any atom is -0.497 e. The molecule has 1 aliphatic carbocycles. The Balaban J connectivity index is 1.62. The summed E-state index contributed by atoms with van der Waals surface area (Å²) < 4.78 is 16.6. The van der Waals surface area contributed by atoms with E-state index in [0.29, 0.717) is 17.9 Å². The highest BCUT2D eigenvalue weighted by molar-refractivity contribution is 6.01. The number of nitrogens with one attached hydrogen (secondary N) is 2. The lowest BCUT2D eigenvalue weighted by Gasteiger charge is -2.30. The molecule has 3 aromatic carbocycles. The lowest BCUT2D eigenvalue weighted by Crippen LogP contribution is -2.27. The van der Waals surface area contributed by atoms with E-state index in [4.69, 9.17) is 14.2 Å². The van der Waals surface area contributed by atoms with Crippen LogP contribution in [0.4, 0.5) is 11.4 Å². The summed E-state index contributed by atoms with van der Waals surface area (Å²) in [6.45, 7) is 0. The molecule has 3 aromatic rings. The fraction of sp³-hybridized carbons (Fsp3) is 0.250. The summed E-state index contributed by atoms with van der Waals surface area (Å²) in [7, 11) is 4.90. The van der Waals surface area contributed by atoms with Crippen molar-refractivity contribution in [1.82, 2.24) is 0 Å². The van der Waals surface area contributed by atoms with Gasteiger partial charge in [-0.05, 0) is 48.2 Å². The molecule has 0 amide bonds. The summed E-state index contributed by atoms with van der Waals surface area (Å²) in [4.78, 5) is 13.7. The van der Waals surface area contributed by atoms with Gasteiger partial charge in [-0.25, -0.2) is 0 Å². The van der Waals surface area contributed by atoms with Crippen LogP contribution in [-0.2, 0) is 4.79 Å². The van der Waals surface area contributed by atoms with E-state index in [2.05, 4.69) is 10.6 Å². The van der Waals surface area contributed by atoms with E-state index < -0.39 is 0 Å². The number of para-hydroxylation sites is 3. The second kappa shape index (κ2) is 9.14. The van der Waals surface area contributed by atoms with Gasteiger partial charge in [0.25, 0.3) is 0 Å². The maximum Gasteiger partial charge on any atom is 0.166 e. The van der Waals surface area contributed by atoms with Crippen LogP contribution in [0.3, 0.4) is 0 Å². The van der Waals surface area contributed by atoms with Crippen LogP contribution in [0.25, 0.3) is 0 Å². The van der Waals surface area contributed by atoms with Crippen LogP contribution in [0.2, 0.25) is 0 Å². The maximum absolute atomic E-state index is 13.7. The molecule has 2 N–H and O–H groups in total. The van der Waals surface area contributed by atoms with Crippen LogP contribution in [-0.4, -0.2) is 27.1 Å². The van der Waals surface area contributed by atoms with E-state index in [0.717, 1.165) is 45.9 Å². The number of methoxy groups -OCH3 is 3. The summed E-state index contributed by atoms with van der Waals surface area (Å²) in [5.74, 6) is 2.27. The van der Waals surface area contributed by atoms with Gasteiger partial charge in [-0.1, -0.05) is 36.4 Å². The van der Waals surface area contributed by atoms with Crippen LogP contribution in [0, 0.1) is 0 Å². The van der Waals surface area contributed by atoms with Crippen molar-refractivity contribution in [3.05, 3.63) is 89.1 Å². The molecule has 174 valence electrons. The van der Waals surface area contributed by atoms with Crippen LogP contribution in [0.1, 0.15) is 35.9 Å². The van der Waals surface area contributed by atoms with E-state index >= 15 is 0 Å². The van der Waals surface area contributed by atoms with Crippen molar-refractivity contribution in [3.63, 3.8) is 0 Å². The lowest BCUT2D eigenvalue weighted by molar-refractivity contribution is -0.116. The molecule has 0 saturated carbocycles. The molecule has 0 saturated heterocycles. The number of carbonyl (C=O) groups excluding carboxylic acids is 1. The van der Waals surface area contributed by atoms with Crippen molar-refractivity contribution in [3.8, 4) is 17.2 Å². The van der Waals surface area contributed by atoms with Gasteiger partial charge in [0, 0.05) is 23.3 Å². The van der Waals surface area contributed by atoms with Crippen molar-refractivity contribution < 1.29 is 19.0 Å². The Labute approximate surface area is 199 Å². The van der Waals surface area contributed by atoms with Gasteiger partial charge in [-0.15, -0.1) is 0 Å². The summed E-state index contributed by atoms with van der Waals surface area (Å²) in [6.07, 6.45) is 1.17. The molecule has 2 aliphatic rings. The van der Waals surface area contributed by atoms with Crippen molar-refractivity contribution in [2.24, 2.45) is 0 Å². The molecular formula is C28H28N2O4. The lowest BCUT2D eigenvalue weighted by atomic mass is 9.78. The molecule has 1 aliphatic heterocycles. The molecule has 0 bridgehead atoms. The Bertz CT molecular complexity index is 1250. The number of benzene rings is 3. The zero-order valence-electron chi connectivity index (χ0n) is 19.6. The first-order valence-corrected chi connectivity index (χ1v) is 11.4. The van der Waals surface area contributed by atoms with E-state index in [1.54, 1.807) is 21.3 Å². The van der Waals surface area contributed by atoms with Gasteiger partial charge in [0.15, 0.2) is 17.3 Å². The van der Waals surface area contributed by atoms with Gasteiger partial charge in [-0.2, -0.15) is 0 Å². The molecule has 6 nitrogen and oxygen atoms in total. The molecule has 5 rings (SSSR count). The Kier molecular flexibility index (Phi) is 5.88. The number of ketones is 1. The van der Waals surface area contributed by atoms with Crippen LogP contribution < -0.4 is 24.8 Å². The molecule has 0 fully saturated rings. The van der Waals surface area contributed by atoms with Crippen molar-refractivity contribution in [2.45, 2.75) is 24.8 Å². The standard InChI is InChI=1S/C28H28N2O4/c1-32-19-13-11-17(12-14-19)18-15-23-26(24(31)16-18)27(30-22-9-5-4-8-21(22)29-23)20-7-6-10-25(33-2)28(20)34-3/h4-14,18,27,29-30H,15-16H2,1-3H3. The van der Waals surface area contributed by atoms with Crippen LogP contribution in [0.5, 0.6) is 17.2 Å². The average molecular weight is 457 g/mol. The summed E-state index contributed by atoms with van der Waals surface area (Å²) >= 11 is 0. The summed E-state index contributed by atoms with van der Waals surface area (Å²) in [6, 6.07) is 21.4. The first-order valence-electron chi connectivity index (χ1n) is 11.4. The highest BCUT2D eigenvalue weighted by Gasteiger charge is 2.37. The number of anilines is 2. The number of hydrogen-bond donors (Lipinski definition) is 2. The SMILES string of the molecule is COc1ccc(C2CC(=O)C3=C(C2)Nc2ccccc2NC3c2cccc(OC)c2OC)cc1. The number of fused-ring (bicyclic) bond motifs is 1. The highest BCUT2D eigenvalue weighted by atomic mass is 16.5. The molecule has 2 atom stereocenters. The minimum absolute atomic E-state index is 0.0859. The number of allylic oxidation sites excluding steroid dienone is 1. The largest absolute Gasteiger partial charge is 0.497 e. The molecule has 6 heteroatoms. The predicted octanol–water partition coefficient (Wildman–Crippen LogP) is 5.69. The van der Waals surface area contributed by atoms with Crippen molar-refractivity contribution in [2.75, 3.05) is 32.0 Å². The van der Waals surface area contributed by atoms with Crippen LogP contribution in [0.15, 0.2) is 78.0 Å². The quantitative estimate of drug-likeness (QED) is 0.514. The second-order valence-corrected chi connectivity index (χ2v) is 8.52. The van der Waals surface area contributed by atoms with Gasteiger partial charge in [-0.3, -0.25) is 4.79 Å². The Morgan fingerprint density at radius 2 is 1.56 bits per heavy atom. The van der Waals surface area contributed by atoms with Crippen molar-refractivity contribution in [1.29, 1.82) is 0 Å². The maximum atomic E-state index is 13.7. The van der Waals surface area contributed by atoms with E-state index in [9.17, 15) is 4.79 Å². The number of ether oxygens (including phenoxy) is 3. The van der Waals surface area contributed by atoms with E-state index in [1.165, 1.54) is 0 Å². The Morgan fingerprint density at radius 3 is 2.26 bits per heavy atom. The number of carbonyl (C=O) groups is 1. The first-order chi connectivity index (χ1) is 16.6. The second-order valence-electron chi connectivity index (χ2n) is 8.52. The third-order valence-electron chi connectivity index (χ3n) is 6.64. The first kappa shape index (κ1) is 21.9. The number of Topliss-reactive ketones (excluding diaryl/α,β-unsaturated/α-hetero) is 1. The smallest absolute Gasteiger partial charge is 0.166 e. The van der Waals surface area contributed by atoms with Gasteiger partial charge in [0.1, 0.15) is 5.75 Å². The fourth-order valence-electron chi connectivity index (χ4n) is 4.98. The molecule has 0 spiro atoms. The van der Waals surface area contributed by atoms with Gasteiger partial charge in [0.05, 0.1) is 38.7 Å². The third-order valence-corrected chi connectivity index (χ3v) is 6.64. The zero-order valence-corrected chi connectivity index (χ0v) is 19.6. The Morgan fingerprint density at radius 1 is 0.794 bits per heavy atom. The molecule has 1 heterocycles. The number of rotatable bonds is 5. The van der Waals surface area contributed by atoms with Gasteiger partial charge < -0.3 is 24.8 Å². The number of hydrogen-bond acceptors (Lipinski definition) is 6. The Hall–Kier alpha value is -3.93. The van der Waals surface area contributed by atoms with Crippen molar-refractivity contribution >= 4 is 17.2 Å². The fourth-order valence-corrected chi connectivity index (χ4v) is 4.98. The summed E-state index contributed by atoms with van der Waals surface area (Å²) in [5.41, 5.74) is 5.55. The molecule has 0 aromatic heterocycles. The zero-order chi connectivity index (χ0) is 23.7. The molecule has 0 radical (unpaired) electrons. The minimum atomic E-state index is -0.375. The van der Waals surface area contributed by atoms with Crippen LogP contribution >= 0.6 is 0 Å². The summed E-state index contributed by atoms with van der Waals surface area (Å²) in [5, 5.41) is 7.19. The van der Waals surface area contributed by atoms with E-state index in [-0.39, 0.29) is 17.7 Å². The monoisotopic (exact) mass is 456 g/mol. The molecule has 2 unspecified atom stereocenters.